The summed E-state index contributed by atoms with van der Waals surface area (Å²) in [5, 5.41) is 3.95. The molecule has 1 N–H and O–H groups in total. The third kappa shape index (κ3) is 2.94. The van der Waals surface area contributed by atoms with Crippen molar-refractivity contribution in [2.24, 2.45) is 0 Å². The van der Waals surface area contributed by atoms with Crippen molar-refractivity contribution in [1.29, 1.82) is 0 Å². The molecule has 112 valence electrons. The zero-order valence-corrected chi connectivity index (χ0v) is 13.6. The van der Waals surface area contributed by atoms with Gasteiger partial charge < -0.3 is 10.2 Å². The number of carbonyl (C=O) groups is 1. The van der Waals surface area contributed by atoms with Gasteiger partial charge >= 0.3 is 0 Å². The zero-order chi connectivity index (χ0) is 15.7. The van der Waals surface area contributed by atoms with Gasteiger partial charge in [-0.2, -0.15) is 0 Å². The molecule has 0 aliphatic carbocycles. The van der Waals surface area contributed by atoms with Crippen molar-refractivity contribution in [2.75, 3.05) is 24.3 Å². The van der Waals surface area contributed by atoms with Gasteiger partial charge in [0.15, 0.2) is 0 Å². The van der Waals surface area contributed by atoms with Crippen LogP contribution in [0.25, 0.3) is 10.2 Å². The molecule has 0 unspecified atom stereocenters. The highest BCUT2D eigenvalue weighted by Gasteiger charge is 2.08. The smallest absolute Gasteiger partial charge is 0.255 e. The molecule has 0 atom stereocenters. The van der Waals surface area contributed by atoms with Crippen LogP contribution >= 0.6 is 11.3 Å². The van der Waals surface area contributed by atoms with Gasteiger partial charge in [-0.15, -0.1) is 11.3 Å². The minimum atomic E-state index is -0.114. The van der Waals surface area contributed by atoms with Crippen molar-refractivity contribution in [3.63, 3.8) is 0 Å². The molecule has 0 bridgehead atoms. The van der Waals surface area contributed by atoms with Gasteiger partial charge in [0.25, 0.3) is 5.91 Å². The Kier molecular flexibility index (Phi) is 3.81. The minimum Gasteiger partial charge on any atom is -0.378 e. The van der Waals surface area contributed by atoms with Gasteiger partial charge in [0.2, 0.25) is 0 Å². The molecule has 0 saturated carbocycles. The number of benzene rings is 2. The number of thiazole rings is 1. The fourth-order valence-electron chi connectivity index (χ4n) is 2.23. The van der Waals surface area contributed by atoms with Crippen molar-refractivity contribution in [3.8, 4) is 0 Å². The van der Waals surface area contributed by atoms with Crippen LogP contribution in [0.1, 0.15) is 15.4 Å². The number of carbonyl (C=O) groups excluding carboxylic acids is 1. The van der Waals surface area contributed by atoms with Crippen LogP contribution in [0.15, 0.2) is 42.5 Å². The number of anilines is 2. The summed E-state index contributed by atoms with van der Waals surface area (Å²) in [6.45, 7) is 1.98. The van der Waals surface area contributed by atoms with E-state index in [1.807, 2.05) is 68.4 Å². The normalized spacial score (nSPS) is 10.7. The SMILES string of the molecule is Cc1nc2cc(NC(=O)c3ccc(N(C)C)cc3)ccc2s1. The molecule has 2 aromatic carbocycles. The summed E-state index contributed by atoms with van der Waals surface area (Å²) >= 11 is 1.65. The quantitative estimate of drug-likeness (QED) is 0.797. The molecule has 22 heavy (non-hydrogen) atoms. The Bertz CT molecular complexity index is 822. The molecule has 0 spiro atoms. The van der Waals surface area contributed by atoms with E-state index in [9.17, 15) is 4.79 Å². The molecule has 1 amide bonds. The molecule has 0 fully saturated rings. The van der Waals surface area contributed by atoms with E-state index in [-0.39, 0.29) is 5.91 Å². The Hall–Kier alpha value is -2.40. The van der Waals surface area contributed by atoms with Gasteiger partial charge in [-0.3, -0.25) is 4.79 Å². The maximum absolute atomic E-state index is 12.3. The number of hydrogen-bond donors (Lipinski definition) is 1. The first-order valence-corrected chi connectivity index (χ1v) is 7.80. The molecule has 4 nitrogen and oxygen atoms in total. The predicted octanol–water partition coefficient (Wildman–Crippen LogP) is 3.92. The van der Waals surface area contributed by atoms with Crippen molar-refractivity contribution in [1.82, 2.24) is 4.98 Å². The first kappa shape index (κ1) is 14.5. The molecule has 0 aliphatic heterocycles. The largest absolute Gasteiger partial charge is 0.378 e. The van der Waals surface area contributed by atoms with Crippen LogP contribution in [0.3, 0.4) is 0 Å². The lowest BCUT2D eigenvalue weighted by molar-refractivity contribution is 0.102. The molecular weight excluding hydrogens is 294 g/mol. The van der Waals surface area contributed by atoms with Crippen LogP contribution in [0, 0.1) is 6.92 Å². The Labute approximate surface area is 133 Å². The number of hydrogen-bond acceptors (Lipinski definition) is 4. The molecule has 1 aromatic heterocycles. The van der Waals surface area contributed by atoms with Crippen LogP contribution in [0.5, 0.6) is 0 Å². The zero-order valence-electron chi connectivity index (χ0n) is 12.8. The Morgan fingerprint density at radius 2 is 1.86 bits per heavy atom. The molecular formula is C17H17N3OS. The summed E-state index contributed by atoms with van der Waals surface area (Å²) < 4.78 is 1.13. The molecule has 0 radical (unpaired) electrons. The number of nitrogens with one attached hydrogen (secondary N) is 1. The molecule has 3 aromatic rings. The van der Waals surface area contributed by atoms with Gasteiger partial charge in [-0.1, -0.05) is 0 Å². The van der Waals surface area contributed by atoms with Crippen LogP contribution in [0.2, 0.25) is 0 Å². The lowest BCUT2D eigenvalue weighted by Crippen LogP contribution is -2.13. The maximum Gasteiger partial charge on any atom is 0.255 e. The molecule has 3 rings (SSSR count). The fraction of sp³-hybridized carbons (Fsp3) is 0.176. The molecule has 5 heteroatoms. The lowest BCUT2D eigenvalue weighted by atomic mass is 10.2. The van der Waals surface area contributed by atoms with Gasteiger partial charge in [-0.05, 0) is 49.4 Å². The molecule has 0 aliphatic rings. The van der Waals surface area contributed by atoms with E-state index in [2.05, 4.69) is 10.3 Å². The predicted molar refractivity (Wildman–Crippen MR) is 93.1 cm³/mol. The third-order valence-corrected chi connectivity index (χ3v) is 4.35. The van der Waals surface area contributed by atoms with Crippen LogP contribution < -0.4 is 10.2 Å². The number of fused-ring (bicyclic) bond motifs is 1. The highest BCUT2D eigenvalue weighted by Crippen LogP contribution is 2.24. The lowest BCUT2D eigenvalue weighted by Gasteiger charge is -2.12. The first-order chi connectivity index (χ1) is 10.5. The van der Waals surface area contributed by atoms with E-state index in [0.29, 0.717) is 5.56 Å². The fourth-order valence-corrected chi connectivity index (χ4v) is 3.04. The van der Waals surface area contributed by atoms with Gasteiger partial charge in [0.05, 0.1) is 15.2 Å². The Morgan fingerprint density at radius 1 is 1.14 bits per heavy atom. The highest BCUT2D eigenvalue weighted by molar-refractivity contribution is 7.18. The summed E-state index contributed by atoms with van der Waals surface area (Å²) in [4.78, 5) is 18.7. The van der Waals surface area contributed by atoms with Crippen molar-refractivity contribution in [2.45, 2.75) is 6.92 Å². The van der Waals surface area contributed by atoms with E-state index < -0.39 is 0 Å². The summed E-state index contributed by atoms with van der Waals surface area (Å²) in [5.41, 5.74) is 3.39. The average Bonchev–Trinajstić information content (AvgIpc) is 2.86. The first-order valence-electron chi connectivity index (χ1n) is 6.99. The van der Waals surface area contributed by atoms with E-state index in [1.54, 1.807) is 11.3 Å². The van der Waals surface area contributed by atoms with Crippen LogP contribution in [-0.2, 0) is 0 Å². The Balaban J connectivity index is 1.79. The minimum absolute atomic E-state index is 0.114. The van der Waals surface area contributed by atoms with Gasteiger partial charge in [0, 0.05) is 31.0 Å². The van der Waals surface area contributed by atoms with Gasteiger partial charge in [-0.25, -0.2) is 4.98 Å². The number of amides is 1. The second-order valence-electron chi connectivity index (χ2n) is 5.31. The van der Waals surface area contributed by atoms with E-state index in [4.69, 9.17) is 0 Å². The Morgan fingerprint density at radius 3 is 2.55 bits per heavy atom. The third-order valence-electron chi connectivity index (χ3n) is 3.40. The number of rotatable bonds is 3. The van der Waals surface area contributed by atoms with Crippen LogP contribution in [-0.4, -0.2) is 25.0 Å². The standard InChI is InChI=1S/C17H17N3OS/c1-11-18-15-10-13(6-9-16(15)22-11)19-17(21)12-4-7-14(8-5-12)20(2)3/h4-10H,1-3H3,(H,19,21). The molecule has 1 heterocycles. The maximum atomic E-state index is 12.3. The van der Waals surface area contributed by atoms with E-state index >= 15 is 0 Å². The van der Waals surface area contributed by atoms with Crippen molar-refractivity contribution >= 4 is 38.8 Å². The highest BCUT2D eigenvalue weighted by atomic mass is 32.1. The van der Waals surface area contributed by atoms with Crippen LogP contribution in [0.4, 0.5) is 11.4 Å². The summed E-state index contributed by atoms with van der Waals surface area (Å²) in [7, 11) is 3.94. The monoisotopic (exact) mass is 311 g/mol. The van der Waals surface area contributed by atoms with E-state index in [0.717, 1.165) is 26.6 Å². The summed E-state index contributed by atoms with van der Waals surface area (Å²) in [6, 6.07) is 13.3. The number of aryl methyl sites for hydroxylation is 1. The number of aromatic nitrogens is 1. The summed E-state index contributed by atoms with van der Waals surface area (Å²) in [6.07, 6.45) is 0. The molecule has 0 saturated heterocycles. The average molecular weight is 311 g/mol. The topological polar surface area (TPSA) is 45.2 Å². The summed E-state index contributed by atoms with van der Waals surface area (Å²) in [5.74, 6) is -0.114. The van der Waals surface area contributed by atoms with Gasteiger partial charge in [0.1, 0.15) is 0 Å². The second kappa shape index (κ2) is 5.77. The second-order valence-corrected chi connectivity index (χ2v) is 6.55. The van der Waals surface area contributed by atoms with Crippen molar-refractivity contribution in [3.05, 3.63) is 53.0 Å². The van der Waals surface area contributed by atoms with Crippen molar-refractivity contribution < 1.29 is 4.79 Å². The van der Waals surface area contributed by atoms with E-state index in [1.165, 1.54) is 0 Å². The number of nitrogens with zero attached hydrogens (tertiary/aromatic N) is 2.